The molecule has 2 aromatic rings. The lowest BCUT2D eigenvalue weighted by molar-refractivity contribution is 0.411. The van der Waals surface area contributed by atoms with Crippen LogP contribution in [0.5, 0.6) is 5.75 Å². The molecule has 0 bridgehead atoms. The highest BCUT2D eigenvalue weighted by Crippen LogP contribution is 2.27. The van der Waals surface area contributed by atoms with Gasteiger partial charge in [0.05, 0.1) is 23.9 Å². The van der Waals surface area contributed by atoms with E-state index in [0.29, 0.717) is 21.6 Å². The van der Waals surface area contributed by atoms with Gasteiger partial charge in [0.15, 0.2) is 0 Å². The van der Waals surface area contributed by atoms with Crippen LogP contribution in [0, 0.1) is 13.8 Å². The number of hydrogen-bond donors (Lipinski definition) is 1. The molecule has 0 spiro atoms. The first-order chi connectivity index (χ1) is 9.83. The zero-order valence-corrected chi connectivity index (χ0v) is 14.2. The Morgan fingerprint density at radius 2 is 1.90 bits per heavy atom. The van der Waals surface area contributed by atoms with Crippen LogP contribution in [0.4, 0.5) is 5.69 Å². The smallest absolute Gasteiger partial charge is 0.262 e. The van der Waals surface area contributed by atoms with Gasteiger partial charge in [-0.15, -0.1) is 0 Å². The molecule has 1 heterocycles. The molecule has 0 saturated heterocycles. The number of ether oxygens (including phenoxy) is 1. The molecular weight excluding hydrogens is 356 g/mol. The van der Waals surface area contributed by atoms with Gasteiger partial charge in [-0.3, -0.25) is 4.72 Å². The first-order valence-electron chi connectivity index (χ1n) is 6.13. The first kappa shape index (κ1) is 15.8. The van der Waals surface area contributed by atoms with Gasteiger partial charge in [-0.05, 0) is 65.2 Å². The lowest BCUT2D eigenvalue weighted by atomic mass is 10.1. The van der Waals surface area contributed by atoms with E-state index in [4.69, 9.17) is 4.74 Å². The second-order valence-electron chi connectivity index (χ2n) is 4.56. The van der Waals surface area contributed by atoms with Gasteiger partial charge in [0.25, 0.3) is 10.0 Å². The minimum Gasteiger partial charge on any atom is -0.496 e. The normalized spacial score (nSPS) is 11.2. The molecular formula is C14H15BrN2O3S. The highest BCUT2D eigenvalue weighted by Gasteiger charge is 2.19. The van der Waals surface area contributed by atoms with Gasteiger partial charge in [0.2, 0.25) is 0 Å². The van der Waals surface area contributed by atoms with E-state index in [2.05, 4.69) is 25.6 Å². The van der Waals surface area contributed by atoms with Crippen molar-refractivity contribution in [2.75, 3.05) is 11.8 Å². The lowest BCUT2D eigenvalue weighted by Crippen LogP contribution is -2.14. The SMILES string of the molecule is COc1cc(C)c(S(=O)(=O)Nc2ccc(Br)nc2)cc1C. The van der Waals surface area contributed by atoms with Crippen LogP contribution >= 0.6 is 15.9 Å². The lowest BCUT2D eigenvalue weighted by Gasteiger charge is -2.13. The summed E-state index contributed by atoms with van der Waals surface area (Å²) in [4.78, 5) is 4.22. The summed E-state index contributed by atoms with van der Waals surface area (Å²) >= 11 is 3.20. The Morgan fingerprint density at radius 1 is 1.19 bits per heavy atom. The van der Waals surface area contributed by atoms with Crippen molar-refractivity contribution in [3.05, 3.63) is 46.2 Å². The van der Waals surface area contributed by atoms with Crippen molar-refractivity contribution in [1.82, 2.24) is 4.98 Å². The maximum absolute atomic E-state index is 12.5. The summed E-state index contributed by atoms with van der Waals surface area (Å²) < 4.78 is 33.3. The summed E-state index contributed by atoms with van der Waals surface area (Å²) in [5.74, 6) is 0.664. The van der Waals surface area contributed by atoms with Gasteiger partial charge in [0.1, 0.15) is 10.4 Å². The van der Waals surface area contributed by atoms with Crippen LogP contribution in [0.1, 0.15) is 11.1 Å². The molecule has 0 radical (unpaired) electrons. The second-order valence-corrected chi connectivity index (χ2v) is 7.03. The maximum Gasteiger partial charge on any atom is 0.262 e. The van der Waals surface area contributed by atoms with E-state index in [9.17, 15) is 8.42 Å². The number of aryl methyl sites for hydroxylation is 2. The minimum absolute atomic E-state index is 0.226. The van der Waals surface area contributed by atoms with E-state index in [1.54, 1.807) is 45.2 Å². The number of nitrogens with zero attached hydrogens (tertiary/aromatic N) is 1. The van der Waals surface area contributed by atoms with Gasteiger partial charge in [0, 0.05) is 0 Å². The Balaban J connectivity index is 2.40. The van der Waals surface area contributed by atoms with Crippen molar-refractivity contribution < 1.29 is 13.2 Å². The fourth-order valence-electron chi connectivity index (χ4n) is 1.92. The largest absolute Gasteiger partial charge is 0.496 e. The van der Waals surface area contributed by atoms with Crippen molar-refractivity contribution >= 4 is 31.6 Å². The summed E-state index contributed by atoms with van der Waals surface area (Å²) in [6.07, 6.45) is 1.45. The van der Waals surface area contributed by atoms with Crippen LogP contribution in [0.25, 0.3) is 0 Å². The second kappa shape index (κ2) is 6.03. The summed E-state index contributed by atoms with van der Waals surface area (Å²) in [5, 5.41) is 0. The molecule has 0 aliphatic rings. The van der Waals surface area contributed by atoms with E-state index in [1.165, 1.54) is 6.20 Å². The zero-order valence-electron chi connectivity index (χ0n) is 11.8. The number of anilines is 1. The highest BCUT2D eigenvalue weighted by atomic mass is 79.9. The van der Waals surface area contributed by atoms with Crippen molar-refractivity contribution in [3.8, 4) is 5.75 Å². The molecule has 2 rings (SSSR count). The highest BCUT2D eigenvalue weighted by molar-refractivity contribution is 9.10. The molecule has 1 N–H and O–H groups in total. The summed E-state index contributed by atoms with van der Waals surface area (Å²) in [7, 11) is -2.11. The van der Waals surface area contributed by atoms with Gasteiger partial charge in [-0.2, -0.15) is 0 Å². The van der Waals surface area contributed by atoms with Crippen molar-refractivity contribution in [2.45, 2.75) is 18.7 Å². The maximum atomic E-state index is 12.5. The van der Waals surface area contributed by atoms with Crippen LogP contribution in [0.15, 0.2) is 40.0 Å². The Labute approximate surface area is 132 Å². The third kappa shape index (κ3) is 3.54. The van der Waals surface area contributed by atoms with Gasteiger partial charge in [-0.1, -0.05) is 0 Å². The number of rotatable bonds is 4. The van der Waals surface area contributed by atoms with Gasteiger partial charge >= 0.3 is 0 Å². The number of halogens is 1. The zero-order chi connectivity index (χ0) is 15.6. The van der Waals surface area contributed by atoms with E-state index < -0.39 is 10.0 Å². The molecule has 1 aromatic heterocycles. The monoisotopic (exact) mass is 370 g/mol. The fraction of sp³-hybridized carbons (Fsp3) is 0.214. The standard InChI is InChI=1S/C14H15BrN2O3S/c1-9-7-13(10(2)6-12(9)20-3)21(18,19)17-11-4-5-14(15)16-8-11/h4-8,17H,1-3H3. The minimum atomic E-state index is -3.67. The molecule has 1 aromatic carbocycles. The molecule has 0 atom stereocenters. The summed E-state index contributed by atoms with van der Waals surface area (Å²) in [5.41, 5.74) is 1.79. The molecule has 0 aliphatic heterocycles. The predicted octanol–water partition coefficient (Wildman–Crippen LogP) is 3.27. The van der Waals surface area contributed by atoms with Crippen LogP contribution < -0.4 is 9.46 Å². The predicted molar refractivity (Wildman–Crippen MR) is 85.2 cm³/mol. The number of hydrogen-bond acceptors (Lipinski definition) is 4. The molecule has 112 valence electrons. The van der Waals surface area contributed by atoms with E-state index in [0.717, 1.165) is 5.56 Å². The molecule has 0 saturated carbocycles. The molecule has 0 aliphatic carbocycles. The van der Waals surface area contributed by atoms with E-state index >= 15 is 0 Å². The average molecular weight is 371 g/mol. The van der Waals surface area contributed by atoms with E-state index in [-0.39, 0.29) is 4.90 Å². The molecule has 21 heavy (non-hydrogen) atoms. The average Bonchev–Trinajstić information content (AvgIpc) is 2.43. The van der Waals surface area contributed by atoms with Gasteiger partial charge < -0.3 is 4.74 Å². The van der Waals surface area contributed by atoms with Crippen LogP contribution in [0.2, 0.25) is 0 Å². The quantitative estimate of drug-likeness (QED) is 0.838. The topological polar surface area (TPSA) is 68.3 Å². The molecule has 5 nitrogen and oxygen atoms in total. The number of benzene rings is 1. The Bertz CT molecular complexity index is 759. The van der Waals surface area contributed by atoms with Crippen LogP contribution in [-0.2, 0) is 10.0 Å². The first-order valence-corrected chi connectivity index (χ1v) is 8.40. The third-order valence-corrected chi connectivity index (χ3v) is 4.95. The van der Waals surface area contributed by atoms with Crippen LogP contribution in [0.3, 0.4) is 0 Å². The van der Waals surface area contributed by atoms with Crippen molar-refractivity contribution in [3.63, 3.8) is 0 Å². The van der Waals surface area contributed by atoms with E-state index in [1.807, 2.05) is 0 Å². The third-order valence-electron chi connectivity index (χ3n) is 2.96. The number of pyridine rings is 1. The number of nitrogens with one attached hydrogen (secondary N) is 1. The summed E-state index contributed by atoms with van der Waals surface area (Å²) in [6, 6.07) is 6.62. The molecule has 0 unspecified atom stereocenters. The molecule has 0 fully saturated rings. The number of aromatic nitrogens is 1. The van der Waals surface area contributed by atoms with Crippen LogP contribution in [-0.4, -0.2) is 20.5 Å². The number of methoxy groups -OCH3 is 1. The fourth-order valence-corrected chi connectivity index (χ4v) is 3.51. The number of sulfonamides is 1. The Kier molecular flexibility index (Phi) is 4.53. The molecule has 7 heteroatoms. The van der Waals surface area contributed by atoms with Crippen molar-refractivity contribution in [2.24, 2.45) is 0 Å². The Morgan fingerprint density at radius 3 is 2.48 bits per heavy atom. The van der Waals surface area contributed by atoms with Crippen molar-refractivity contribution in [1.29, 1.82) is 0 Å². The molecule has 0 amide bonds. The van der Waals surface area contributed by atoms with Gasteiger partial charge in [-0.25, -0.2) is 13.4 Å². The summed E-state index contributed by atoms with van der Waals surface area (Å²) in [6.45, 7) is 3.54. The Hall–Kier alpha value is -1.60.